The smallest absolute Gasteiger partial charge is 0.234 e. The fourth-order valence-corrected chi connectivity index (χ4v) is 1.94. The summed E-state index contributed by atoms with van der Waals surface area (Å²) in [4.78, 5) is 13.1. The van der Waals surface area contributed by atoms with E-state index in [0.29, 0.717) is 0 Å². The lowest BCUT2D eigenvalue weighted by atomic mass is 9.91. The fraction of sp³-hybridized carbons (Fsp3) is 0.727. The molecule has 1 saturated carbocycles. The molecule has 3 nitrogen and oxygen atoms in total. The summed E-state index contributed by atoms with van der Waals surface area (Å²) in [5.74, 6) is 2.26. The van der Waals surface area contributed by atoms with Crippen LogP contribution < -0.4 is 0 Å². The van der Waals surface area contributed by atoms with Crippen molar-refractivity contribution in [2.24, 2.45) is 0 Å². The normalized spacial score (nSPS) is 26.6. The second-order valence-corrected chi connectivity index (χ2v) is 3.80. The summed E-state index contributed by atoms with van der Waals surface area (Å²) in [6.45, 7) is 0. The van der Waals surface area contributed by atoms with E-state index in [0.717, 1.165) is 25.7 Å². The van der Waals surface area contributed by atoms with Gasteiger partial charge in [0.1, 0.15) is 0 Å². The van der Waals surface area contributed by atoms with Gasteiger partial charge in [0.25, 0.3) is 0 Å². The van der Waals surface area contributed by atoms with Crippen molar-refractivity contribution in [2.75, 3.05) is 7.05 Å². The topological polar surface area (TPSA) is 40.5 Å². The van der Waals surface area contributed by atoms with E-state index in [9.17, 15) is 9.90 Å². The Bertz CT molecular complexity index is 244. The Kier molecular flexibility index (Phi) is 3.97. The Morgan fingerprint density at radius 2 is 2.21 bits per heavy atom. The Balaban J connectivity index is 2.54. The summed E-state index contributed by atoms with van der Waals surface area (Å²) in [5, 5.41) is 9.71. The van der Waals surface area contributed by atoms with E-state index in [4.69, 9.17) is 6.42 Å². The van der Waals surface area contributed by atoms with E-state index >= 15 is 0 Å². The van der Waals surface area contributed by atoms with Gasteiger partial charge in [-0.05, 0) is 12.8 Å². The molecule has 0 bridgehead atoms. The molecular formula is C11H17NO2. The second-order valence-electron chi connectivity index (χ2n) is 3.80. The van der Waals surface area contributed by atoms with Crippen LogP contribution in [0.25, 0.3) is 0 Å². The lowest BCUT2D eigenvalue weighted by molar-refractivity contribution is -0.134. The van der Waals surface area contributed by atoms with E-state index in [1.165, 1.54) is 0 Å². The molecule has 0 spiro atoms. The molecule has 14 heavy (non-hydrogen) atoms. The third-order valence-electron chi connectivity index (χ3n) is 2.84. The molecule has 1 amide bonds. The summed E-state index contributed by atoms with van der Waals surface area (Å²) >= 11 is 0. The fourth-order valence-electron chi connectivity index (χ4n) is 1.94. The minimum absolute atomic E-state index is 0.0374. The zero-order valence-electron chi connectivity index (χ0n) is 8.57. The number of carbonyl (C=O) groups excluding carboxylic acids is 1. The van der Waals surface area contributed by atoms with E-state index < -0.39 is 0 Å². The molecule has 0 aliphatic heterocycles. The van der Waals surface area contributed by atoms with Crippen molar-refractivity contribution < 1.29 is 9.90 Å². The van der Waals surface area contributed by atoms with Gasteiger partial charge in [0, 0.05) is 7.05 Å². The van der Waals surface area contributed by atoms with Crippen LogP contribution in [0.15, 0.2) is 0 Å². The van der Waals surface area contributed by atoms with Crippen LogP contribution >= 0.6 is 0 Å². The summed E-state index contributed by atoms with van der Waals surface area (Å²) in [6.07, 6.45) is 8.62. The minimum Gasteiger partial charge on any atom is -0.391 e. The first-order chi connectivity index (χ1) is 6.66. The number of aliphatic hydroxyl groups is 1. The molecule has 1 fully saturated rings. The molecule has 2 unspecified atom stereocenters. The van der Waals surface area contributed by atoms with Crippen LogP contribution in [0.1, 0.15) is 32.1 Å². The Morgan fingerprint density at radius 3 is 2.79 bits per heavy atom. The average molecular weight is 195 g/mol. The number of hydrogen-bond acceptors (Lipinski definition) is 2. The van der Waals surface area contributed by atoms with Crippen LogP contribution in [0.5, 0.6) is 0 Å². The molecular weight excluding hydrogens is 178 g/mol. The first-order valence-corrected chi connectivity index (χ1v) is 5.04. The average Bonchev–Trinajstić information content (AvgIpc) is 2.18. The maximum Gasteiger partial charge on any atom is 0.234 e. The van der Waals surface area contributed by atoms with Crippen LogP contribution in [0.4, 0.5) is 0 Å². The standard InChI is InChI=1S/C11H17NO2/c1-3-6-11(14)12(2)9-7-4-5-8-10(9)13/h1,9-10,13H,4-8H2,2H3. The van der Waals surface area contributed by atoms with Gasteiger partial charge in [-0.25, -0.2) is 0 Å². The number of carbonyl (C=O) groups is 1. The molecule has 0 aromatic rings. The van der Waals surface area contributed by atoms with E-state index in [1.54, 1.807) is 11.9 Å². The second kappa shape index (κ2) is 5.02. The summed E-state index contributed by atoms with van der Waals surface area (Å²) in [6, 6.07) is -0.0374. The SMILES string of the molecule is C#CCC(=O)N(C)C1CCCCC1O. The number of hydrogen-bond donors (Lipinski definition) is 1. The number of rotatable bonds is 2. The summed E-state index contributed by atoms with van der Waals surface area (Å²) in [7, 11) is 1.72. The Labute approximate surface area is 85.1 Å². The van der Waals surface area contributed by atoms with Crippen molar-refractivity contribution in [2.45, 2.75) is 44.2 Å². The van der Waals surface area contributed by atoms with Gasteiger partial charge in [0.15, 0.2) is 0 Å². The first kappa shape index (κ1) is 11.1. The van der Waals surface area contributed by atoms with Crippen molar-refractivity contribution in [3.05, 3.63) is 0 Å². The van der Waals surface area contributed by atoms with Crippen LogP contribution in [0, 0.1) is 12.3 Å². The number of amides is 1. The zero-order chi connectivity index (χ0) is 10.6. The van der Waals surface area contributed by atoms with Crippen LogP contribution in [-0.4, -0.2) is 35.1 Å². The van der Waals surface area contributed by atoms with Gasteiger partial charge in [-0.2, -0.15) is 0 Å². The van der Waals surface area contributed by atoms with Crippen molar-refractivity contribution in [1.29, 1.82) is 0 Å². The van der Waals surface area contributed by atoms with Gasteiger partial charge < -0.3 is 10.0 Å². The molecule has 1 aliphatic carbocycles. The molecule has 0 saturated heterocycles. The molecule has 1 N–H and O–H groups in total. The monoisotopic (exact) mass is 195 g/mol. The third kappa shape index (κ3) is 2.49. The molecule has 0 aromatic heterocycles. The maximum atomic E-state index is 11.5. The highest BCUT2D eigenvalue weighted by molar-refractivity contribution is 5.78. The highest BCUT2D eigenvalue weighted by atomic mass is 16.3. The van der Waals surface area contributed by atoms with Crippen molar-refractivity contribution in [3.63, 3.8) is 0 Å². The molecule has 1 rings (SSSR count). The van der Waals surface area contributed by atoms with E-state index in [1.807, 2.05) is 0 Å². The molecule has 78 valence electrons. The van der Waals surface area contributed by atoms with Crippen molar-refractivity contribution >= 4 is 5.91 Å². The predicted molar refractivity (Wildman–Crippen MR) is 54.5 cm³/mol. The van der Waals surface area contributed by atoms with Crippen molar-refractivity contribution in [1.82, 2.24) is 4.90 Å². The van der Waals surface area contributed by atoms with Gasteiger partial charge in [0.05, 0.1) is 18.6 Å². The molecule has 1 aliphatic rings. The molecule has 2 atom stereocenters. The lowest BCUT2D eigenvalue weighted by Gasteiger charge is -2.34. The predicted octanol–water partition coefficient (Wildman–Crippen LogP) is 0.772. The maximum absolute atomic E-state index is 11.5. The van der Waals surface area contributed by atoms with Crippen LogP contribution in [0.3, 0.4) is 0 Å². The molecule has 0 heterocycles. The third-order valence-corrected chi connectivity index (χ3v) is 2.84. The highest BCUT2D eigenvalue weighted by Gasteiger charge is 2.28. The number of likely N-dealkylation sites (N-methyl/N-ethyl adjacent to an activating group) is 1. The van der Waals surface area contributed by atoms with Gasteiger partial charge in [-0.15, -0.1) is 6.42 Å². The summed E-state index contributed by atoms with van der Waals surface area (Å²) in [5.41, 5.74) is 0. The Morgan fingerprint density at radius 1 is 1.57 bits per heavy atom. The van der Waals surface area contributed by atoms with Crippen LogP contribution in [-0.2, 0) is 4.79 Å². The van der Waals surface area contributed by atoms with Crippen molar-refractivity contribution in [3.8, 4) is 12.3 Å². The minimum atomic E-state index is -0.379. The molecule has 0 aromatic carbocycles. The Hall–Kier alpha value is -1.01. The lowest BCUT2D eigenvalue weighted by Crippen LogP contribution is -2.46. The van der Waals surface area contributed by atoms with E-state index in [2.05, 4.69) is 5.92 Å². The highest BCUT2D eigenvalue weighted by Crippen LogP contribution is 2.22. The first-order valence-electron chi connectivity index (χ1n) is 5.04. The number of terminal acetylenes is 1. The van der Waals surface area contributed by atoms with Gasteiger partial charge in [-0.1, -0.05) is 18.8 Å². The molecule has 0 radical (unpaired) electrons. The van der Waals surface area contributed by atoms with Gasteiger partial charge >= 0.3 is 0 Å². The quantitative estimate of drug-likeness (QED) is 0.661. The van der Waals surface area contributed by atoms with Gasteiger partial charge in [-0.3, -0.25) is 4.79 Å². The zero-order valence-corrected chi connectivity index (χ0v) is 8.57. The molecule has 3 heteroatoms. The largest absolute Gasteiger partial charge is 0.391 e. The number of aliphatic hydroxyl groups excluding tert-OH is 1. The van der Waals surface area contributed by atoms with Crippen LogP contribution in [0.2, 0.25) is 0 Å². The summed E-state index contributed by atoms with van der Waals surface area (Å²) < 4.78 is 0. The number of nitrogens with zero attached hydrogens (tertiary/aromatic N) is 1. The van der Waals surface area contributed by atoms with Gasteiger partial charge in [0.2, 0.25) is 5.91 Å². The van der Waals surface area contributed by atoms with E-state index in [-0.39, 0.29) is 24.5 Å².